The maximum atomic E-state index is 15.1. The number of carbonyl (C=O) groups is 1. The molecule has 0 amide bonds. The van der Waals surface area contributed by atoms with Crippen LogP contribution in [0.2, 0.25) is 0 Å². The van der Waals surface area contributed by atoms with E-state index >= 15 is 4.79 Å². The van der Waals surface area contributed by atoms with Gasteiger partial charge in [-0.25, -0.2) is 0 Å². The number of carbonyl (C=O) groups excluding carboxylic acids is 1. The largest absolute Gasteiger partial charge is 0.432 e. The van der Waals surface area contributed by atoms with Crippen LogP contribution in [0.3, 0.4) is 0 Å². The molecule has 0 bridgehead atoms. The van der Waals surface area contributed by atoms with Crippen LogP contribution in [0.1, 0.15) is 98.8 Å². The Morgan fingerprint density at radius 1 is 0.600 bits per heavy atom. The molecule has 5 saturated heterocycles. The molecular formula is C58H92O27. The highest BCUT2D eigenvalue weighted by Gasteiger charge is 2.70. The smallest absolute Gasteiger partial charge is 0.315 e. The predicted molar refractivity (Wildman–Crippen MR) is 285 cm³/mol. The minimum absolute atomic E-state index is 0.0865. The maximum Gasteiger partial charge on any atom is 0.315 e. The molecule has 0 aromatic rings. The standard InChI is InChI=1S/C58H92O27/c1-23-9-14-58(53(75)85-52-43(72)39(68)36(65)30(81-52)21-77-48-44(73)40(69)47(29(19-60)80-48)84-50-41(70)37(66)34(63)24(2)78-50)16-15-56(5)25(26(58)17-23)7-8-32-54(3)12-11-33(55(4,22-61)31(54)10-13-57(32,56)6)82-49-45(74)46(27(62)20-76-49)83-51-42(71)38(67)35(64)28(18-59)79-51/h7,24,26-52,59-74H,1,8-22H2,2-6H3/t24-,26-,27-,28+,29+,30+,31+,32+,33-,34-,35+,36+,37+,38-,39-,40+,41+,42+,43+,44+,45+,46-,47+,48+,49-,50-,51-,52-,54-,55-,56+,57+,58-/m0/s1. The van der Waals surface area contributed by atoms with Crippen LogP contribution in [0.5, 0.6) is 0 Å². The summed E-state index contributed by atoms with van der Waals surface area (Å²) in [6.45, 7) is 11.9. The summed E-state index contributed by atoms with van der Waals surface area (Å²) in [5.74, 6) is -1.02. The molecule has 27 nitrogen and oxygen atoms in total. The fourth-order valence-corrected chi connectivity index (χ4v) is 17.2. The van der Waals surface area contributed by atoms with Crippen LogP contribution < -0.4 is 0 Å². The van der Waals surface area contributed by atoms with Gasteiger partial charge >= 0.3 is 5.97 Å². The topological polar surface area (TPSA) is 433 Å². The van der Waals surface area contributed by atoms with E-state index in [-0.39, 0.29) is 41.8 Å². The van der Waals surface area contributed by atoms with Crippen LogP contribution in [0.4, 0.5) is 0 Å². The van der Waals surface area contributed by atoms with Crippen molar-refractivity contribution in [3.8, 4) is 0 Å². The second kappa shape index (κ2) is 24.9. The predicted octanol–water partition coefficient (Wildman–Crippen LogP) is -4.04. The quantitative estimate of drug-likeness (QED) is 0.0447. The minimum atomic E-state index is -1.91. The normalized spacial score (nSPS) is 54.6. The first-order valence-corrected chi connectivity index (χ1v) is 30.1. The third-order valence-corrected chi connectivity index (χ3v) is 22.6. The summed E-state index contributed by atoms with van der Waals surface area (Å²) in [5.41, 5.74) is -0.990. The Labute approximate surface area is 492 Å². The third kappa shape index (κ3) is 11.0. The first kappa shape index (κ1) is 65.9. The van der Waals surface area contributed by atoms with Crippen molar-refractivity contribution >= 4 is 5.97 Å². The lowest BCUT2D eigenvalue weighted by Gasteiger charge is -2.71. The second-order valence-electron chi connectivity index (χ2n) is 27.1. The zero-order chi connectivity index (χ0) is 61.8. The lowest BCUT2D eigenvalue weighted by molar-refractivity contribution is -0.361. The van der Waals surface area contributed by atoms with Crippen molar-refractivity contribution < 1.29 is 134 Å². The number of hydrogen-bond donors (Lipinski definition) is 16. The first-order chi connectivity index (χ1) is 40.0. The van der Waals surface area contributed by atoms with Gasteiger partial charge in [0.25, 0.3) is 0 Å². The average Bonchev–Trinajstić information content (AvgIpc) is 0.727. The fraction of sp³-hybridized carbons (Fsp3) is 0.914. The van der Waals surface area contributed by atoms with Gasteiger partial charge in [0.1, 0.15) is 110 Å². The van der Waals surface area contributed by atoms with Gasteiger partial charge < -0.3 is 129 Å². The van der Waals surface area contributed by atoms with Gasteiger partial charge in [0, 0.05) is 11.3 Å². The van der Waals surface area contributed by atoms with Crippen LogP contribution in [0, 0.1) is 44.8 Å². The van der Waals surface area contributed by atoms with E-state index in [0.717, 1.165) is 17.6 Å². The Bertz CT molecular complexity index is 2380. The third-order valence-electron chi connectivity index (χ3n) is 22.6. The second-order valence-corrected chi connectivity index (χ2v) is 27.1. The summed E-state index contributed by atoms with van der Waals surface area (Å²) < 4.78 is 58.6. The molecule has 0 aromatic heterocycles. The lowest BCUT2D eigenvalue weighted by Crippen LogP contribution is -2.67. The summed E-state index contributed by atoms with van der Waals surface area (Å²) in [7, 11) is 0. The van der Waals surface area contributed by atoms with Crippen LogP contribution in [0.25, 0.3) is 0 Å². The molecule has 5 aliphatic carbocycles. The molecule has 16 N–H and O–H groups in total. The minimum Gasteiger partial charge on any atom is -0.432 e. The number of esters is 1. The van der Waals surface area contributed by atoms with E-state index in [1.54, 1.807) is 0 Å². The van der Waals surface area contributed by atoms with E-state index in [2.05, 4.69) is 33.4 Å². The van der Waals surface area contributed by atoms with Gasteiger partial charge in [-0.3, -0.25) is 4.79 Å². The van der Waals surface area contributed by atoms with E-state index < -0.39 is 196 Å². The molecule has 10 aliphatic rings. The van der Waals surface area contributed by atoms with Crippen molar-refractivity contribution in [2.24, 2.45) is 44.8 Å². The summed E-state index contributed by atoms with van der Waals surface area (Å²) in [6, 6.07) is 0. The molecule has 0 aromatic carbocycles. The monoisotopic (exact) mass is 1220 g/mol. The molecule has 27 heteroatoms. The number of rotatable bonds is 14. The van der Waals surface area contributed by atoms with Gasteiger partial charge in [-0.2, -0.15) is 0 Å². The maximum absolute atomic E-state index is 15.1. The molecule has 486 valence electrons. The van der Waals surface area contributed by atoms with E-state index in [1.807, 2.05) is 6.92 Å². The van der Waals surface area contributed by atoms with E-state index in [4.69, 9.17) is 47.4 Å². The summed E-state index contributed by atoms with van der Waals surface area (Å²) in [4.78, 5) is 15.1. The van der Waals surface area contributed by atoms with Crippen molar-refractivity contribution in [3.63, 3.8) is 0 Å². The molecule has 10 rings (SSSR count). The van der Waals surface area contributed by atoms with Crippen molar-refractivity contribution in [3.05, 3.63) is 23.8 Å². The Kier molecular flexibility index (Phi) is 19.3. The molecule has 0 unspecified atom stereocenters. The Balaban J connectivity index is 0.812. The van der Waals surface area contributed by atoms with Crippen molar-refractivity contribution in [2.45, 2.75) is 252 Å². The van der Waals surface area contributed by atoms with Crippen molar-refractivity contribution in [1.29, 1.82) is 0 Å². The number of hydrogen-bond acceptors (Lipinski definition) is 27. The highest BCUT2D eigenvalue weighted by Crippen LogP contribution is 2.75. The molecule has 85 heavy (non-hydrogen) atoms. The SMILES string of the molecule is C=C1CC[C@]2(C(=O)O[C@@H]3O[C@H](CO[C@@H]4O[C@H](CO)[C@@H](O[C@@H]5O[C@@H](C)[C@H](O)[C@@H](O)[C@H]5O)[C@H](O)[C@H]4O)[C@@H](O)[C@H](O)[C@H]3O)CC[C@]3(C)C(=CC[C@@H]4[C@@]5(C)CC[C@H](O[C@@H]6OC[C@H](O)[C@H](O[C@@H]7O[C@H](CO)[C@@H](O)[C@H](O)[C@H]7O)[C@H]6O)[C@@](C)(CO)[C@@H]5CC[C@]43C)[C@@H]2C1. The first-order valence-electron chi connectivity index (χ1n) is 30.1. The Morgan fingerprint density at radius 2 is 1.20 bits per heavy atom. The van der Waals surface area contributed by atoms with Crippen LogP contribution in [0.15, 0.2) is 23.8 Å². The van der Waals surface area contributed by atoms with Crippen LogP contribution in [-0.4, -0.2) is 274 Å². The van der Waals surface area contributed by atoms with Gasteiger partial charge in [-0.05, 0) is 99.2 Å². The zero-order valence-electron chi connectivity index (χ0n) is 48.7. The highest BCUT2D eigenvalue weighted by atomic mass is 16.8. The number of allylic oxidation sites excluding steroid dienone is 3. The number of fused-ring (bicyclic) bond motifs is 7. The molecule has 0 radical (unpaired) electrons. The highest BCUT2D eigenvalue weighted by molar-refractivity contribution is 5.79. The zero-order valence-corrected chi connectivity index (χ0v) is 48.7. The number of aliphatic hydroxyl groups excluding tert-OH is 16. The van der Waals surface area contributed by atoms with Crippen LogP contribution in [-0.2, 0) is 52.2 Å². The average molecular weight is 1220 g/mol. The number of aliphatic hydroxyl groups is 16. The fourth-order valence-electron chi connectivity index (χ4n) is 17.2. The van der Waals surface area contributed by atoms with E-state index in [9.17, 15) is 81.7 Å². The molecule has 9 fully saturated rings. The Hall–Kier alpha value is -2.05. The van der Waals surface area contributed by atoms with Gasteiger partial charge in [0.15, 0.2) is 25.2 Å². The van der Waals surface area contributed by atoms with Gasteiger partial charge in [0.2, 0.25) is 6.29 Å². The summed E-state index contributed by atoms with van der Waals surface area (Å²) in [6.07, 6.45) is -31.7. The molecule has 5 heterocycles. The molecular weight excluding hydrogens is 1130 g/mol. The van der Waals surface area contributed by atoms with Gasteiger partial charge in [0.05, 0.1) is 50.7 Å². The van der Waals surface area contributed by atoms with Crippen molar-refractivity contribution in [2.75, 3.05) is 33.0 Å². The lowest BCUT2D eigenvalue weighted by atomic mass is 9.34. The molecule has 5 aliphatic heterocycles. The molecule has 0 spiro atoms. The summed E-state index contributed by atoms with van der Waals surface area (Å²) >= 11 is 0. The van der Waals surface area contributed by atoms with Crippen molar-refractivity contribution in [1.82, 2.24) is 0 Å². The van der Waals surface area contributed by atoms with E-state index in [1.165, 1.54) is 6.92 Å². The molecule has 33 atom stereocenters. The van der Waals surface area contributed by atoms with Gasteiger partial charge in [-0.15, -0.1) is 0 Å². The molecule has 4 saturated carbocycles. The van der Waals surface area contributed by atoms with E-state index in [0.29, 0.717) is 57.8 Å². The summed E-state index contributed by atoms with van der Waals surface area (Å²) in [5, 5.41) is 172. The van der Waals surface area contributed by atoms with Crippen LogP contribution >= 0.6 is 0 Å². The van der Waals surface area contributed by atoms with Gasteiger partial charge in [-0.1, -0.05) is 51.5 Å². The number of ether oxygens (including phenoxy) is 10. The Morgan fingerprint density at radius 3 is 1.87 bits per heavy atom.